The van der Waals surface area contributed by atoms with Crippen LogP contribution in [-0.2, 0) is 13.0 Å². The summed E-state index contributed by atoms with van der Waals surface area (Å²) in [5.74, 6) is 0.900. The van der Waals surface area contributed by atoms with Gasteiger partial charge in [-0.15, -0.1) is 0 Å². The van der Waals surface area contributed by atoms with Gasteiger partial charge in [0.1, 0.15) is 5.75 Å². The summed E-state index contributed by atoms with van der Waals surface area (Å²) in [4.78, 5) is 0. The van der Waals surface area contributed by atoms with E-state index < -0.39 is 0 Å². The monoisotopic (exact) mass is 227 g/mol. The van der Waals surface area contributed by atoms with Crippen LogP contribution in [0.4, 0.5) is 0 Å². The molecule has 0 aliphatic carbocycles. The van der Waals surface area contributed by atoms with Gasteiger partial charge < -0.3 is 10.5 Å². The van der Waals surface area contributed by atoms with E-state index in [1.54, 1.807) is 7.11 Å². The molecular formula is C15H17NO. The first kappa shape index (κ1) is 11.7. The maximum absolute atomic E-state index is 5.64. The van der Waals surface area contributed by atoms with Crippen LogP contribution in [0.5, 0.6) is 5.75 Å². The molecule has 0 fully saturated rings. The highest BCUT2D eigenvalue weighted by molar-refractivity contribution is 5.34. The second-order valence-electron chi connectivity index (χ2n) is 4.05. The Hall–Kier alpha value is -1.80. The van der Waals surface area contributed by atoms with E-state index in [1.807, 2.05) is 12.1 Å². The highest BCUT2D eigenvalue weighted by atomic mass is 16.5. The largest absolute Gasteiger partial charge is 0.497 e. The first-order valence-electron chi connectivity index (χ1n) is 5.72. The minimum absolute atomic E-state index is 0.589. The number of ether oxygens (including phenoxy) is 1. The number of benzene rings is 2. The molecule has 2 heteroatoms. The van der Waals surface area contributed by atoms with Crippen LogP contribution in [0.3, 0.4) is 0 Å². The van der Waals surface area contributed by atoms with Crippen molar-refractivity contribution in [3.63, 3.8) is 0 Å². The van der Waals surface area contributed by atoms with Gasteiger partial charge in [0.15, 0.2) is 0 Å². The predicted octanol–water partition coefficient (Wildman–Crippen LogP) is 2.74. The van der Waals surface area contributed by atoms with E-state index in [4.69, 9.17) is 10.5 Å². The summed E-state index contributed by atoms with van der Waals surface area (Å²) < 4.78 is 5.22. The Balaban J connectivity index is 2.18. The van der Waals surface area contributed by atoms with Crippen molar-refractivity contribution < 1.29 is 4.74 Å². The van der Waals surface area contributed by atoms with Gasteiger partial charge in [0, 0.05) is 6.54 Å². The molecule has 0 aliphatic rings. The van der Waals surface area contributed by atoms with E-state index in [2.05, 4.69) is 36.4 Å². The molecule has 2 nitrogen and oxygen atoms in total. The lowest BCUT2D eigenvalue weighted by Gasteiger charge is -2.06. The van der Waals surface area contributed by atoms with Crippen LogP contribution in [0.25, 0.3) is 0 Å². The van der Waals surface area contributed by atoms with Crippen LogP contribution in [0.1, 0.15) is 16.7 Å². The van der Waals surface area contributed by atoms with Crippen molar-refractivity contribution in [2.75, 3.05) is 7.11 Å². The predicted molar refractivity (Wildman–Crippen MR) is 70.1 cm³/mol. The van der Waals surface area contributed by atoms with Crippen LogP contribution >= 0.6 is 0 Å². The Morgan fingerprint density at radius 3 is 2.29 bits per heavy atom. The van der Waals surface area contributed by atoms with Crippen molar-refractivity contribution in [3.05, 3.63) is 65.2 Å². The van der Waals surface area contributed by atoms with Gasteiger partial charge >= 0.3 is 0 Å². The van der Waals surface area contributed by atoms with Crippen molar-refractivity contribution in [1.82, 2.24) is 0 Å². The van der Waals surface area contributed by atoms with Crippen molar-refractivity contribution in [2.24, 2.45) is 5.73 Å². The summed E-state index contributed by atoms with van der Waals surface area (Å²) in [6, 6.07) is 16.5. The number of rotatable bonds is 4. The average molecular weight is 227 g/mol. The summed E-state index contributed by atoms with van der Waals surface area (Å²) in [5, 5.41) is 0. The lowest BCUT2D eigenvalue weighted by Crippen LogP contribution is -1.97. The minimum atomic E-state index is 0.589. The zero-order valence-electron chi connectivity index (χ0n) is 10.0. The quantitative estimate of drug-likeness (QED) is 0.871. The summed E-state index contributed by atoms with van der Waals surface area (Å²) >= 11 is 0. The molecule has 17 heavy (non-hydrogen) atoms. The Kier molecular flexibility index (Phi) is 3.78. The second-order valence-corrected chi connectivity index (χ2v) is 4.05. The molecule has 0 bridgehead atoms. The molecule has 0 heterocycles. The molecule has 88 valence electrons. The molecule has 0 saturated carbocycles. The van der Waals surface area contributed by atoms with E-state index in [-0.39, 0.29) is 0 Å². The van der Waals surface area contributed by atoms with Gasteiger partial charge in [0.2, 0.25) is 0 Å². The number of hydrogen-bond donors (Lipinski definition) is 1. The number of hydrogen-bond acceptors (Lipinski definition) is 2. The third kappa shape index (κ3) is 3.08. The third-order valence-corrected chi connectivity index (χ3v) is 2.77. The van der Waals surface area contributed by atoms with Gasteiger partial charge in [-0.2, -0.15) is 0 Å². The fraction of sp³-hybridized carbons (Fsp3) is 0.200. The van der Waals surface area contributed by atoms with Gasteiger partial charge in [-0.1, -0.05) is 36.4 Å². The molecular weight excluding hydrogens is 210 g/mol. The van der Waals surface area contributed by atoms with Crippen LogP contribution in [-0.4, -0.2) is 7.11 Å². The third-order valence-electron chi connectivity index (χ3n) is 2.77. The van der Waals surface area contributed by atoms with Crippen molar-refractivity contribution >= 4 is 0 Å². The molecule has 0 spiro atoms. The van der Waals surface area contributed by atoms with Gasteiger partial charge in [0.25, 0.3) is 0 Å². The highest BCUT2D eigenvalue weighted by Crippen LogP contribution is 2.16. The maximum Gasteiger partial charge on any atom is 0.119 e. The molecule has 0 radical (unpaired) electrons. The fourth-order valence-electron chi connectivity index (χ4n) is 1.88. The summed E-state index contributed by atoms with van der Waals surface area (Å²) in [6.07, 6.45) is 0.908. The molecule has 0 aromatic heterocycles. The number of nitrogens with two attached hydrogens (primary N) is 1. The average Bonchev–Trinajstić information content (AvgIpc) is 2.39. The van der Waals surface area contributed by atoms with Crippen LogP contribution in [0.2, 0.25) is 0 Å². The van der Waals surface area contributed by atoms with E-state index in [0.29, 0.717) is 6.54 Å². The normalized spacial score (nSPS) is 10.2. The van der Waals surface area contributed by atoms with Crippen molar-refractivity contribution in [3.8, 4) is 5.75 Å². The lowest BCUT2D eigenvalue weighted by molar-refractivity contribution is 0.414. The van der Waals surface area contributed by atoms with E-state index in [9.17, 15) is 0 Å². The number of methoxy groups -OCH3 is 1. The topological polar surface area (TPSA) is 35.2 Å². The van der Waals surface area contributed by atoms with Gasteiger partial charge in [-0.25, -0.2) is 0 Å². The van der Waals surface area contributed by atoms with E-state index in [1.165, 1.54) is 16.7 Å². The summed E-state index contributed by atoms with van der Waals surface area (Å²) in [7, 11) is 1.69. The zero-order chi connectivity index (χ0) is 12.1. The zero-order valence-corrected chi connectivity index (χ0v) is 10.0. The van der Waals surface area contributed by atoms with Crippen molar-refractivity contribution in [1.29, 1.82) is 0 Å². The Morgan fingerprint density at radius 1 is 0.941 bits per heavy atom. The van der Waals surface area contributed by atoms with Crippen LogP contribution in [0, 0.1) is 0 Å². The SMILES string of the molecule is COc1cccc(Cc2cccc(CN)c2)c1. The Bertz CT molecular complexity index is 448. The molecule has 0 amide bonds. The standard InChI is InChI=1S/C15H17NO/c1-17-15-7-3-5-13(10-15)8-12-4-2-6-14(9-12)11-16/h2-7,9-10H,8,11,16H2,1H3. The second kappa shape index (κ2) is 5.51. The molecule has 0 unspecified atom stereocenters. The van der Waals surface area contributed by atoms with E-state index in [0.717, 1.165) is 12.2 Å². The Labute approximate surface area is 102 Å². The van der Waals surface area contributed by atoms with Crippen LogP contribution < -0.4 is 10.5 Å². The smallest absolute Gasteiger partial charge is 0.119 e. The first-order valence-corrected chi connectivity index (χ1v) is 5.72. The van der Waals surface area contributed by atoms with Gasteiger partial charge in [-0.3, -0.25) is 0 Å². The lowest BCUT2D eigenvalue weighted by atomic mass is 10.0. The minimum Gasteiger partial charge on any atom is -0.497 e. The van der Waals surface area contributed by atoms with Gasteiger partial charge in [0.05, 0.1) is 7.11 Å². The molecule has 2 N–H and O–H groups in total. The summed E-state index contributed by atoms with van der Waals surface area (Å²) in [6.45, 7) is 0.589. The Morgan fingerprint density at radius 2 is 1.59 bits per heavy atom. The van der Waals surface area contributed by atoms with E-state index >= 15 is 0 Å². The fourth-order valence-corrected chi connectivity index (χ4v) is 1.88. The molecule has 2 aromatic rings. The highest BCUT2D eigenvalue weighted by Gasteiger charge is 1.99. The van der Waals surface area contributed by atoms with Crippen molar-refractivity contribution in [2.45, 2.75) is 13.0 Å². The molecule has 2 aromatic carbocycles. The van der Waals surface area contributed by atoms with Crippen LogP contribution in [0.15, 0.2) is 48.5 Å². The molecule has 0 aliphatic heterocycles. The first-order chi connectivity index (χ1) is 8.31. The molecule has 2 rings (SSSR count). The molecule has 0 saturated heterocycles. The molecule has 0 atom stereocenters. The maximum atomic E-state index is 5.64. The summed E-state index contributed by atoms with van der Waals surface area (Å²) in [5.41, 5.74) is 9.34. The van der Waals surface area contributed by atoms with Gasteiger partial charge in [-0.05, 0) is 35.2 Å².